The summed E-state index contributed by atoms with van der Waals surface area (Å²) in [5.41, 5.74) is 3.80. The number of benzene rings is 2. The predicted octanol–water partition coefficient (Wildman–Crippen LogP) is 5.69. The van der Waals surface area contributed by atoms with Crippen LogP contribution >= 0.6 is 22.6 Å². The highest BCUT2D eigenvalue weighted by molar-refractivity contribution is 14.1. The highest BCUT2D eigenvalue weighted by Gasteiger charge is 2.37. The maximum atomic E-state index is 12.8. The van der Waals surface area contributed by atoms with Crippen molar-refractivity contribution in [2.75, 3.05) is 13.7 Å². The van der Waals surface area contributed by atoms with Crippen molar-refractivity contribution in [2.24, 2.45) is 0 Å². The molecule has 2 aromatic rings. The van der Waals surface area contributed by atoms with Crippen LogP contribution in [0.4, 0.5) is 0 Å². The fourth-order valence-electron chi connectivity index (χ4n) is 3.85. The number of ketones is 1. The molecule has 5 heteroatoms. The second-order valence-electron chi connectivity index (χ2n) is 8.88. The van der Waals surface area contributed by atoms with Crippen molar-refractivity contribution >= 4 is 34.3 Å². The summed E-state index contributed by atoms with van der Waals surface area (Å²) in [5.74, 6) is -0.00960. The summed E-state index contributed by atoms with van der Waals surface area (Å²) in [6, 6.07) is 11.1. The summed E-state index contributed by atoms with van der Waals surface area (Å²) < 4.78 is 11.3. The zero-order valence-electron chi connectivity index (χ0n) is 17.6. The smallest absolute Gasteiger partial charge is 0.337 e. The van der Waals surface area contributed by atoms with Crippen molar-refractivity contribution in [3.63, 3.8) is 0 Å². The highest BCUT2D eigenvalue weighted by Crippen LogP contribution is 2.45. The van der Waals surface area contributed by atoms with Gasteiger partial charge in [0.1, 0.15) is 5.75 Å². The minimum atomic E-state index is -0.433. The van der Waals surface area contributed by atoms with Gasteiger partial charge in [-0.05, 0) is 81.7 Å². The quantitative estimate of drug-likeness (QED) is 0.297. The van der Waals surface area contributed by atoms with Gasteiger partial charge in [0.15, 0.2) is 12.4 Å². The fourth-order valence-corrected chi connectivity index (χ4v) is 4.34. The Kier molecular flexibility index (Phi) is 6.08. The molecule has 0 N–H and O–H groups in total. The van der Waals surface area contributed by atoms with Crippen LogP contribution < -0.4 is 4.74 Å². The van der Waals surface area contributed by atoms with Crippen LogP contribution in [0.5, 0.6) is 5.75 Å². The van der Waals surface area contributed by atoms with Crippen molar-refractivity contribution < 1.29 is 19.1 Å². The maximum Gasteiger partial charge on any atom is 0.337 e. The van der Waals surface area contributed by atoms with Gasteiger partial charge in [0.2, 0.25) is 0 Å². The van der Waals surface area contributed by atoms with Crippen molar-refractivity contribution in [1.82, 2.24) is 0 Å². The Hall–Kier alpha value is -1.89. The molecule has 0 saturated carbocycles. The molecular formula is C24H27IO4. The van der Waals surface area contributed by atoms with Crippen LogP contribution in [0.2, 0.25) is 0 Å². The number of fused-ring (bicyclic) bond motifs is 1. The normalized spacial score (nSPS) is 16.6. The lowest BCUT2D eigenvalue weighted by Crippen LogP contribution is -2.34. The van der Waals surface area contributed by atoms with E-state index < -0.39 is 5.97 Å². The van der Waals surface area contributed by atoms with Gasteiger partial charge in [0.25, 0.3) is 0 Å². The van der Waals surface area contributed by atoms with Gasteiger partial charge >= 0.3 is 5.97 Å². The predicted molar refractivity (Wildman–Crippen MR) is 122 cm³/mol. The molecule has 0 aromatic heterocycles. The molecule has 2 aromatic carbocycles. The van der Waals surface area contributed by atoms with E-state index >= 15 is 0 Å². The number of esters is 1. The topological polar surface area (TPSA) is 52.6 Å². The molecule has 0 aliphatic heterocycles. The molecule has 0 spiro atoms. The van der Waals surface area contributed by atoms with Crippen molar-refractivity contribution in [3.05, 3.63) is 62.2 Å². The largest absolute Gasteiger partial charge is 0.484 e. The molecule has 1 aliphatic carbocycles. The summed E-state index contributed by atoms with van der Waals surface area (Å²) in [7, 11) is 1.34. The Labute approximate surface area is 186 Å². The Bertz CT molecular complexity index is 959. The standard InChI is InChI=1S/C24H27IO4/c1-23(2)10-11-24(3,4)18-12-15(6-8-17(18)23)20(26)14-29-21-13-16(22(27)28-5)7-9-19(21)25/h6-9,12-13H,10-11,14H2,1-5H3. The Morgan fingerprint density at radius 3 is 2.21 bits per heavy atom. The van der Waals surface area contributed by atoms with Crippen LogP contribution in [0.1, 0.15) is 72.4 Å². The van der Waals surface area contributed by atoms with Gasteiger partial charge in [-0.15, -0.1) is 0 Å². The van der Waals surface area contributed by atoms with Gasteiger partial charge in [0.05, 0.1) is 16.2 Å². The van der Waals surface area contributed by atoms with Crippen LogP contribution in [0, 0.1) is 3.57 Å². The van der Waals surface area contributed by atoms with Crippen LogP contribution in [-0.4, -0.2) is 25.5 Å². The molecule has 0 radical (unpaired) electrons. The lowest BCUT2D eigenvalue weighted by molar-refractivity contribution is 0.0600. The zero-order chi connectivity index (χ0) is 21.4. The van der Waals surface area contributed by atoms with Crippen LogP contribution in [-0.2, 0) is 15.6 Å². The third-order valence-electron chi connectivity index (χ3n) is 5.89. The molecule has 29 heavy (non-hydrogen) atoms. The molecule has 3 rings (SSSR count). The van der Waals surface area contributed by atoms with Gasteiger partial charge in [-0.1, -0.05) is 39.8 Å². The van der Waals surface area contributed by atoms with E-state index in [0.717, 1.165) is 16.4 Å². The summed E-state index contributed by atoms with van der Waals surface area (Å²) in [5, 5.41) is 0. The van der Waals surface area contributed by atoms with Crippen LogP contribution in [0.15, 0.2) is 36.4 Å². The second kappa shape index (κ2) is 8.09. The molecule has 4 nitrogen and oxygen atoms in total. The molecule has 0 amide bonds. The molecule has 1 aliphatic rings. The molecule has 0 heterocycles. The first-order valence-corrected chi connectivity index (χ1v) is 10.8. The SMILES string of the molecule is COC(=O)c1ccc(I)c(OCC(=O)c2ccc3c(c2)C(C)(C)CCC3(C)C)c1. The third-order valence-corrected chi connectivity index (χ3v) is 6.78. The van der Waals surface area contributed by atoms with Crippen molar-refractivity contribution in [3.8, 4) is 5.75 Å². The van der Waals surface area contributed by atoms with E-state index in [-0.39, 0.29) is 23.2 Å². The third kappa shape index (κ3) is 4.49. The highest BCUT2D eigenvalue weighted by atomic mass is 127. The summed E-state index contributed by atoms with van der Waals surface area (Å²) >= 11 is 2.12. The number of carbonyl (C=O) groups excluding carboxylic acids is 2. The van der Waals surface area contributed by atoms with E-state index in [9.17, 15) is 9.59 Å². The summed E-state index contributed by atoms with van der Waals surface area (Å²) in [4.78, 5) is 24.6. The number of carbonyl (C=O) groups is 2. The Balaban J connectivity index is 1.82. The van der Waals surface area contributed by atoms with E-state index in [2.05, 4.69) is 56.4 Å². The number of rotatable bonds is 5. The lowest BCUT2D eigenvalue weighted by Gasteiger charge is -2.42. The van der Waals surface area contributed by atoms with E-state index in [1.54, 1.807) is 18.2 Å². The molecule has 0 atom stereocenters. The van der Waals surface area contributed by atoms with Gasteiger partial charge in [-0.25, -0.2) is 4.79 Å². The number of hydrogen-bond acceptors (Lipinski definition) is 4. The van der Waals surface area contributed by atoms with Crippen LogP contribution in [0.25, 0.3) is 0 Å². The lowest BCUT2D eigenvalue weighted by atomic mass is 9.63. The molecule has 0 fully saturated rings. The molecule has 0 saturated heterocycles. The van der Waals surface area contributed by atoms with E-state index in [4.69, 9.17) is 9.47 Å². The number of halogens is 1. The first-order chi connectivity index (χ1) is 13.5. The average Bonchev–Trinajstić information content (AvgIpc) is 2.69. The number of ether oxygens (including phenoxy) is 2. The second-order valence-corrected chi connectivity index (χ2v) is 10.0. The number of methoxy groups -OCH3 is 1. The molecular weight excluding hydrogens is 479 g/mol. The Morgan fingerprint density at radius 1 is 0.931 bits per heavy atom. The molecule has 154 valence electrons. The van der Waals surface area contributed by atoms with E-state index in [1.165, 1.54) is 18.2 Å². The first kappa shape index (κ1) is 21.8. The molecule has 0 bridgehead atoms. The minimum absolute atomic E-state index is 0.0478. The van der Waals surface area contributed by atoms with Crippen molar-refractivity contribution in [2.45, 2.75) is 51.4 Å². The van der Waals surface area contributed by atoms with Gasteiger partial charge < -0.3 is 9.47 Å². The summed E-state index contributed by atoms with van der Waals surface area (Å²) in [6.45, 7) is 8.94. The van der Waals surface area contributed by atoms with Gasteiger partial charge in [-0.3, -0.25) is 4.79 Å². The average molecular weight is 506 g/mol. The number of hydrogen-bond donors (Lipinski definition) is 0. The minimum Gasteiger partial charge on any atom is -0.484 e. The Morgan fingerprint density at radius 2 is 1.55 bits per heavy atom. The van der Waals surface area contributed by atoms with Crippen LogP contribution in [0.3, 0.4) is 0 Å². The zero-order valence-corrected chi connectivity index (χ0v) is 19.8. The maximum absolute atomic E-state index is 12.8. The van der Waals surface area contributed by atoms with Crippen molar-refractivity contribution in [1.29, 1.82) is 0 Å². The monoisotopic (exact) mass is 506 g/mol. The number of Topliss-reactive ketones (excluding diaryl/α,β-unsaturated/α-hetero) is 1. The van der Waals surface area contributed by atoms with Gasteiger partial charge in [0, 0.05) is 5.56 Å². The fraction of sp³-hybridized carbons (Fsp3) is 0.417. The van der Waals surface area contributed by atoms with Gasteiger partial charge in [-0.2, -0.15) is 0 Å². The molecule has 0 unspecified atom stereocenters. The van der Waals surface area contributed by atoms with E-state index in [0.29, 0.717) is 16.9 Å². The van der Waals surface area contributed by atoms with E-state index in [1.807, 2.05) is 12.1 Å². The summed E-state index contributed by atoms with van der Waals surface area (Å²) in [6.07, 6.45) is 2.23. The first-order valence-electron chi connectivity index (χ1n) is 9.74.